The van der Waals surface area contributed by atoms with E-state index in [0.29, 0.717) is 0 Å². The van der Waals surface area contributed by atoms with E-state index < -0.39 is 0 Å². The highest BCUT2D eigenvalue weighted by Gasteiger charge is 2.22. The Morgan fingerprint density at radius 3 is 3.00 bits per heavy atom. The zero-order chi connectivity index (χ0) is 9.26. The molecule has 0 radical (unpaired) electrons. The average Bonchev–Trinajstić information content (AvgIpc) is 2.51. The van der Waals surface area contributed by atoms with Gasteiger partial charge in [0.2, 0.25) is 0 Å². The maximum absolute atomic E-state index is 5.90. The topological polar surface area (TPSA) is 12.5 Å². The Bertz CT molecular complexity index is 303. The molecule has 0 saturated carbocycles. The van der Waals surface area contributed by atoms with Gasteiger partial charge in [0.15, 0.2) is 0 Å². The van der Waals surface area contributed by atoms with Crippen molar-refractivity contribution in [2.45, 2.75) is 6.23 Å². The summed E-state index contributed by atoms with van der Waals surface area (Å²) in [5, 5.41) is 0.765. The van der Waals surface area contributed by atoms with Gasteiger partial charge < -0.3 is 4.74 Å². The molecular formula is C10H12ClNO. The number of hydrogen-bond acceptors (Lipinski definition) is 2. The highest BCUT2D eigenvalue weighted by atomic mass is 35.5. The number of ether oxygens (including phenoxy) is 1. The van der Waals surface area contributed by atoms with Gasteiger partial charge in [-0.25, -0.2) is 0 Å². The summed E-state index contributed by atoms with van der Waals surface area (Å²) in [6, 6.07) is 7.82. The summed E-state index contributed by atoms with van der Waals surface area (Å²) >= 11 is 5.90. The van der Waals surface area contributed by atoms with Crippen LogP contribution in [0.4, 0.5) is 0 Å². The number of nitrogens with zero attached hydrogens (tertiary/aromatic N) is 1. The fraction of sp³-hybridized carbons (Fsp3) is 0.400. The van der Waals surface area contributed by atoms with Crippen LogP contribution < -0.4 is 0 Å². The number of hydrogen-bond donors (Lipinski definition) is 0. The predicted molar refractivity (Wildman–Crippen MR) is 52.8 cm³/mol. The molecule has 2 nitrogen and oxygen atoms in total. The minimum atomic E-state index is 0.0821. The lowest BCUT2D eigenvalue weighted by Crippen LogP contribution is -2.18. The summed E-state index contributed by atoms with van der Waals surface area (Å²) in [6.07, 6.45) is 0.0821. The lowest BCUT2D eigenvalue weighted by atomic mass is 10.2. The van der Waals surface area contributed by atoms with Gasteiger partial charge in [-0.2, -0.15) is 0 Å². The van der Waals surface area contributed by atoms with Crippen molar-refractivity contribution < 1.29 is 4.74 Å². The zero-order valence-electron chi connectivity index (χ0n) is 7.53. The van der Waals surface area contributed by atoms with Gasteiger partial charge in [0.05, 0.1) is 6.61 Å². The average molecular weight is 198 g/mol. The molecule has 0 spiro atoms. The summed E-state index contributed by atoms with van der Waals surface area (Å²) in [7, 11) is 2.05. The third-order valence-electron chi connectivity index (χ3n) is 2.25. The van der Waals surface area contributed by atoms with Crippen LogP contribution in [0.3, 0.4) is 0 Å². The number of benzene rings is 1. The van der Waals surface area contributed by atoms with Crippen LogP contribution in [0.2, 0.25) is 5.02 Å². The quantitative estimate of drug-likeness (QED) is 0.685. The van der Waals surface area contributed by atoms with Crippen molar-refractivity contribution in [1.82, 2.24) is 4.90 Å². The van der Waals surface area contributed by atoms with Crippen molar-refractivity contribution in [2.75, 3.05) is 20.2 Å². The van der Waals surface area contributed by atoms with E-state index >= 15 is 0 Å². The Kier molecular flexibility index (Phi) is 2.54. The van der Waals surface area contributed by atoms with Gasteiger partial charge in [-0.3, -0.25) is 4.90 Å². The van der Waals surface area contributed by atoms with E-state index in [9.17, 15) is 0 Å². The van der Waals surface area contributed by atoms with Crippen LogP contribution in [0.25, 0.3) is 0 Å². The van der Waals surface area contributed by atoms with Gasteiger partial charge in [-0.05, 0) is 24.7 Å². The molecular weight excluding hydrogens is 186 g/mol. The van der Waals surface area contributed by atoms with Crippen LogP contribution >= 0.6 is 11.6 Å². The molecule has 1 aliphatic rings. The SMILES string of the molecule is CN1CCOC1c1cccc(Cl)c1. The predicted octanol–water partition coefficient (Wildman–Crippen LogP) is 2.30. The first-order chi connectivity index (χ1) is 6.27. The molecule has 1 atom stereocenters. The minimum Gasteiger partial charge on any atom is -0.358 e. The summed E-state index contributed by atoms with van der Waals surface area (Å²) in [6.45, 7) is 1.78. The second-order valence-electron chi connectivity index (χ2n) is 3.26. The summed E-state index contributed by atoms with van der Waals surface area (Å²) < 4.78 is 5.57. The summed E-state index contributed by atoms with van der Waals surface area (Å²) in [4.78, 5) is 2.17. The minimum absolute atomic E-state index is 0.0821. The maximum Gasteiger partial charge on any atom is 0.136 e. The fourth-order valence-corrected chi connectivity index (χ4v) is 1.76. The molecule has 0 amide bonds. The van der Waals surface area contributed by atoms with E-state index in [0.717, 1.165) is 23.7 Å². The Morgan fingerprint density at radius 2 is 2.38 bits per heavy atom. The van der Waals surface area contributed by atoms with Crippen molar-refractivity contribution in [3.05, 3.63) is 34.9 Å². The number of likely N-dealkylation sites (N-methyl/N-ethyl adjacent to an activating group) is 1. The molecule has 0 aliphatic carbocycles. The van der Waals surface area contributed by atoms with Crippen molar-refractivity contribution in [1.29, 1.82) is 0 Å². The second kappa shape index (κ2) is 3.66. The molecule has 1 aliphatic heterocycles. The lowest BCUT2D eigenvalue weighted by Gasteiger charge is -2.18. The zero-order valence-corrected chi connectivity index (χ0v) is 8.29. The normalized spacial score (nSPS) is 23.7. The van der Waals surface area contributed by atoms with Crippen molar-refractivity contribution in [2.24, 2.45) is 0 Å². The number of halogens is 1. The van der Waals surface area contributed by atoms with Gasteiger partial charge in [0, 0.05) is 11.6 Å². The van der Waals surface area contributed by atoms with E-state index in [1.54, 1.807) is 0 Å². The van der Waals surface area contributed by atoms with Crippen molar-refractivity contribution in [3.8, 4) is 0 Å². The Hall–Kier alpha value is -0.570. The fourth-order valence-electron chi connectivity index (χ4n) is 1.56. The van der Waals surface area contributed by atoms with Gasteiger partial charge in [0.1, 0.15) is 6.23 Å². The third-order valence-corrected chi connectivity index (χ3v) is 2.49. The summed E-state index contributed by atoms with van der Waals surface area (Å²) in [5.74, 6) is 0. The monoisotopic (exact) mass is 197 g/mol. The van der Waals surface area contributed by atoms with Crippen LogP contribution in [0.1, 0.15) is 11.8 Å². The Morgan fingerprint density at radius 1 is 1.54 bits per heavy atom. The van der Waals surface area contributed by atoms with E-state index in [4.69, 9.17) is 16.3 Å². The molecule has 70 valence electrons. The van der Waals surface area contributed by atoms with Gasteiger partial charge in [-0.15, -0.1) is 0 Å². The van der Waals surface area contributed by atoms with E-state index in [1.807, 2.05) is 24.3 Å². The maximum atomic E-state index is 5.90. The van der Waals surface area contributed by atoms with Crippen LogP contribution in [-0.2, 0) is 4.74 Å². The smallest absolute Gasteiger partial charge is 0.136 e. The first-order valence-corrected chi connectivity index (χ1v) is 4.72. The van der Waals surface area contributed by atoms with Crippen molar-refractivity contribution >= 4 is 11.6 Å². The first-order valence-electron chi connectivity index (χ1n) is 4.35. The molecule has 0 N–H and O–H groups in total. The number of rotatable bonds is 1. The van der Waals surface area contributed by atoms with E-state index in [2.05, 4.69) is 11.9 Å². The van der Waals surface area contributed by atoms with Crippen molar-refractivity contribution in [3.63, 3.8) is 0 Å². The molecule has 3 heteroatoms. The molecule has 1 heterocycles. The lowest BCUT2D eigenvalue weighted by molar-refractivity contribution is 0.0454. The molecule has 2 rings (SSSR count). The molecule has 0 aromatic heterocycles. The summed E-state index contributed by atoms with van der Waals surface area (Å²) in [5.41, 5.74) is 1.13. The highest BCUT2D eigenvalue weighted by molar-refractivity contribution is 6.30. The van der Waals surface area contributed by atoms with Crippen LogP contribution in [0.15, 0.2) is 24.3 Å². The van der Waals surface area contributed by atoms with Crippen LogP contribution in [0.5, 0.6) is 0 Å². The van der Waals surface area contributed by atoms with Crippen LogP contribution in [-0.4, -0.2) is 25.1 Å². The van der Waals surface area contributed by atoms with Gasteiger partial charge >= 0.3 is 0 Å². The third kappa shape index (κ3) is 1.85. The molecule has 1 aromatic rings. The largest absolute Gasteiger partial charge is 0.358 e. The molecule has 1 unspecified atom stereocenters. The molecule has 1 saturated heterocycles. The van der Waals surface area contributed by atoms with E-state index in [1.165, 1.54) is 0 Å². The molecule has 1 fully saturated rings. The Balaban J connectivity index is 2.24. The molecule has 1 aromatic carbocycles. The van der Waals surface area contributed by atoms with Crippen LogP contribution in [0, 0.1) is 0 Å². The van der Waals surface area contributed by atoms with E-state index in [-0.39, 0.29) is 6.23 Å². The second-order valence-corrected chi connectivity index (χ2v) is 3.70. The standard InChI is InChI=1S/C10H12ClNO/c1-12-5-6-13-10(12)8-3-2-4-9(11)7-8/h2-4,7,10H,5-6H2,1H3. The van der Waals surface area contributed by atoms with Gasteiger partial charge in [-0.1, -0.05) is 23.7 Å². The highest BCUT2D eigenvalue weighted by Crippen LogP contribution is 2.26. The Labute approximate surface area is 83.1 Å². The van der Waals surface area contributed by atoms with Gasteiger partial charge in [0.25, 0.3) is 0 Å². The molecule has 13 heavy (non-hydrogen) atoms. The molecule has 0 bridgehead atoms. The first kappa shape index (κ1) is 9.00.